The van der Waals surface area contributed by atoms with Gasteiger partial charge in [-0.3, -0.25) is 0 Å². The van der Waals surface area contributed by atoms with Crippen molar-refractivity contribution in [1.82, 2.24) is 0 Å². The second kappa shape index (κ2) is 4.01. The summed E-state index contributed by atoms with van der Waals surface area (Å²) >= 11 is 2.01. The second-order valence-electron chi connectivity index (χ2n) is 2.98. The summed E-state index contributed by atoms with van der Waals surface area (Å²) in [6.45, 7) is 0. The third-order valence-electron chi connectivity index (χ3n) is 2.05. The molecule has 0 aliphatic carbocycles. The van der Waals surface area contributed by atoms with E-state index in [4.69, 9.17) is 0 Å². The number of hydrogen-bond donors (Lipinski definition) is 0. The van der Waals surface area contributed by atoms with Crippen molar-refractivity contribution in [2.75, 3.05) is 9.72 Å². The third kappa shape index (κ3) is 1.84. The summed E-state index contributed by atoms with van der Waals surface area (Å²) in [6.07, 6.45) is 1.43. The highest BCUT2D eigenvalue weighted by atomic mass is 32.2. The van der Waals surface area contributed by atoms with E-state index in [-0.39, 0.29) is 9.68 Å². The maximum absolute atomic E-state index is 2.53. The van der Waals surface area contributed by atoms with E-state index in [0.29, 0.717) is 0 Å². The SMILES string of the molecule is c1ccc(N2[SiH2]CCCS2)cc1. The van der Waals surface area contributed by atoms with Gasteiger partial charge in [0.15, 0.2) is 0 Å². The van der Waals surface area contributed by atoms with Crippen molar-refractivity contribution >= 4 is 27.3 Å². The van der Waals surface area contributed by atoms with Gasteiger partial charge in [0, 0.05) is 11.4 Å². The molecule has 1 aliphatic rings. The summed E-state index contributed by atoms with van der Waals surface area (Å²) in [4.78, 5) is 0. The lowest BCUT2D eigenvalue weighted by atomic mass is 10.3. The van der Waals surface area contributed by atoms with E-state index in [1.54, 1.807) is 0 Å². The molecule has 2 rings (SSSR count). The molecule has 0 saturated carbocycles. The first kappa shape index (κ1) is 8.20. The van der Waals surface area contributed by atoms with Crippen molar-refractivity contribution in [3.8, 4) is 0 Å². The minimum atomic E-state index is 0.0205. The van der Waals surface area contributed by atoms with Gasteiger partial charge in [-0.25, -0.2) is 0 Å². The van der Waals surface area contributed by atoms with Crippen LogP contribution in [0.1, 0.15) is 6.42 Å². The first-order valence-corrected chi connectivity index (χ1v) is 7.00. The van der Waals surface area contributed by atoms with Crippen LogP contribution < -0.4 is 3.97 Å². The van der Waals surface area contributed by atoms with Gasteiger partial charge < -0.3 is 3.97 Å². The highest BCUT2D eigenvalue weighted by Gasteiger charge is 2.10. The van der Waals surface area contributed by atoms with Crippen molar-refractivity contribution < 1.29 is 0 Å². The summed E-state index contributed by atoms with van der Waals surface area (Å²) in [7, 11) is 0.0205. The van der Waals surface area contributed by atoms with Gasteiger partial charge in [0.2, 0.25) is 0 Å². The molecule has 0 spiro atoms. The van der Waals surface area contributed by atoms with Crippen LogP contribution in [0.25, 0.3) is 0 Å². The summed E-state index contributed by atoms with van der Waals surface area (Å²) < 4.78 is 2.53. The number of nitrogens with zero attached hydrogens (tertiary/aromatic N) is 1. The molecule has 0 bridgehead atoms. The second-order valence-corrected chi connectivity index (χ2v) is 6.33. The fourth-order valence-corrected chi connectivity index (χ4v) is 5.10. The van der Waals surface area contributed by atoms with E-state index in [1.165, 1.54) is 23.9 Å². The first-order chi connectivity index (χ1) is 5.97. The Balaban J connectivity index is 2.08. The van der Waals surface area contributed by atoms with Crippen molar-refractivity contribution in [2.45, 2.75) is 12.5 Å². The number of benzene rings is 1. The molecule has 1 fully saturated rings. The van der Waals surface area contributed by atoms with Gasteiger partial charge in [0.05, 0.1) is 0 Å². The van der Waals surface area contributed by atoms with E-state index in [1.807, 2.05) is 11.9 Å². The lowest BCUT2D eigenvalue weighted by Crippen LogP contribution is -2.23. The lowest BCUT2D eigenvalue weighted by molar-refractivity contribution is 1.07. The minimum Gasteiger partial charge on any atom is -0.350 e. The fourth-order valence-electron chi connectivity index (χ4n) is 1.39. The molecule has 3 heteroatoms. The van der Waals surface area contributed by atoms with Crippen LogP contribution in [0.4, 0.5) is 5.69 Å². The molecule has 64 valence electrons. The van der Waals surface area contributed by atoms with E-state index in [2.05, 4.69) is 34.3 Å². The molecular weight excluding hydrogens is 182 g/mol. The Bertz CT molecular complexity index is 234. The molecule has 1 nitrogen and oxygen atoms in total. The monoisotopic (exact) mass is 195 g/mol. The number of anilines is 1. The van der Waals surface area contributed by atoms with Gasteiger partial charge in [-0.1, -0.05) is 30.1 Å². The molecule has 0 atom stereocenters. The van der Waals surface area contributed by atoms with Crippen LogP contribution in [0, 0.1) is 0 Å². The standard InChI is InChI=1S/C9H13NSSi/c1-2-5-9(6-3-1)10-11-7-4-8-12-10/h1-3,5-6H,4,7-8,12H2. The van der Waals surface area contributed by atoms with Crippen LogP contribution in [0.2, 0.25) is 6.04 Å². The highest BCUT2D eigenvalue weighted by Crippen LogP contribution is 2.25. The van der Waals surface area contributed by atoms with E-state index < -0.39 is 0 Å². The molecule has 1 heterocycles. The Kier molecular flexibility index (Phi) is 2.74. The van der Waals surface area contributed by atoms with Gasteiger partial charge >= 0.3 is 0 Å². The summed E-state index contributed by atoms with van der Waals surface area (Å²) in [5.41, 5.74) is 1.41. The van der Waals surface area contributed by atoms with E-state index in [9.17, 15) is 0 Å². The number of hydrogen-bond acceptors (Lipinski definition) is 2. The Labute approximate surface area is 80.2 Å². The van der Waals surface area contributed by atoms with Crippen LogP contribution in [-0.2, 0) is 0 Å². The topological polar surface area (TPSA) is 3.24 Å². The van der Waals surface area contributed by atoms with Crippen molar-refractivity contribution in [2.24, 2.45) is 0 Å². The molecule has 1 aliphatic heterocycles. The van der Waals surface area contributed by atoms with Crippen LogP contribution in [0.5, 0.6) is 0 Å². The molecule has 0 amide bonds. The van der Waals surface area contributed by atoms with Crippen LogP contribution in [0.3, 0.4) is 0 Å². The maximum Gasteiger partial charge on any atom is 0.138 e. The summed E-state index contributed by atoms with van der Waals surface area (Å²) in [5, 5.41) is 0. The van der Waals surface area contributed by atoms with Gasteiger partial charge in [0.25, 0.3) is 0 Å². The Morgan fingerprint density at radius 1 is 1.25 bits per heavy atom. The molecule has 0 unspecified atom stereocenters. The quantitative estimate of drug-likeness (QED) is 0.498. The smallest absolute Gasteiger partial charge is 0.138 e. The zero-order valence-electron chi connectivity index (χ0n) is 7.07. The first-order valence-electron chi connectivity index (χ1n) is 4.42. The Morgan fingerprint density at radius 2 is 2.08 bits per heavy atom. The van der Waals surface area contributed by atoms with Crippen molar-refractivity contribution in [1.29, 1.82) is 0 Å². The largest absolute Gasteiger partial charge is 0.350 e. The van der Waals surface area contributed by atoms with E-state index >= 15 is 0 Å². The zero-order valence-corrected chi connectivity index (χ0v) is 9.30. The van der Waals surface area contributed by atoms with Crippen molar-refractivity contribution in [3.05, 3.63) is 30.3 Å². The minimum absolute atomic E-state index is 0.0205. The average Bonchev–Trinajstić information content (AvgIpc) is 2.21. The zero-order chi connectivity index (χ0) is 8.23. The molecule has 1 aromatic carbocycles. The van der Waals surface area contributed by atoms with Gasteiger partial charge in [0.1, 0.15) is 9.68 Å². The Hall–Kier alpha value is -0.413. The Morgan fingerprint density at radius 3 is 2.75 bits per heavy atom. The predicted molar refractivity (Wildman–Crippen MR) is 59.3 cm³/mol. The van der Waals surface area contributed by atoms with E-state index in [0.717, 1.165) is 0 Å². The molecule has 0 aromatic heterocycles. The average molecular weight is 195 g/mol. The van der Waals surface area contributed by atoms with Gasteiger partial charge in [-0.2, -0.15) is 0 Å². The molecule has 1 saturated heterocycles. The van der Waals surface area contributed by atoms with Crippen LogP contribution >= 0.6 is 11.9 Å². The molecule has 0 N–H and O–H groups in total. The number of para-hydroxylation sites is 1. The molecule has 1 aromatic rings. The molecular formula is C9H13NSSi. The number of rotatable bonds is 1. The lowest BCUT2D eigenvalue weighted by Gasteiger charge is -2.27. The van der Waals surface area contributed by atoms with Gasteiger partial charge in [-0.05, 0) is 24.6 Å². The normalized spacial score (nSPS) is 19.8. The van der Waals surface area contributed by atoms with Crippen molar-refractivity contribution in [3.63, 3.8) is 0 Å². The summed E-state index contributed by atoms with van der Waals surface area (Å²) in [5.74, 6) is 1.31. The fraction of sp³-hybridized carbons (Fsp3) is 0.333. The highest BCUT2D eigenvalue weighted by molar-refractivity contribution is 8.02. The van der Waals surface area contributed by atoms with Gasteiger partial charge in [-0.15, -0.1) is 0 Å². The maximum atomic E-state index is 2.53. The third-order valence-corrected chi connectivity index (χ3v) is 5.72. The van der Waals surface area contributed by atoms with Crippen LogP contribution in [-0.4, -0.2) is 15.4 Å². The summed E-state index contributed by atoms with van der Waals surface area (Å²) in [6, 6.07) is 12.2. The predicted octanol–water partition coefficient (Wildman–Crippen LogP) is 2.05. The molecule has 0 radical (unpaired) electrons. The molecule has 12 heavy (non-hydrogen) atoms. The van der Waals surface area contributed by atoms with Crippen LogP contribution in [0.15, 0.2) is 30.3 Å².